The van der Waals surface area contributed by atoms with Crippen molar-refractivity contribution in [2.24, 2.45) is 0 Å². The van der Waals surface area contributed by atoms with Crippen LogP contribution in [0.4, 0.5) is 13.2 Å². The lowest BCUT2D eigenvalue weighted by molar-refractivity contribution is -0.274. The molecule has 26 heavy (non-hydrogen) atoms. The third-order valence-electron chi connectivity index (χ3n) is 4.45. The van der Waals surface area contributed by atoms with Crippen molar-refractivity contribution in [2.45, 2.75) is 31.0 Å². The summed E-state index contributed by atoms with van der Waals surface area (Å²) >= 11 is 0. The van der Waals surface area contributed by atoms with Crippen molar-refractivity contribution in [1.82, 2.24) is 20.1 Å². The van der Waals surface area contributed by atoms with E-state index in [9.17, 15) is 13.2 Å². The molecule has 1 fully saturated rings. The summed E-state index contributed by atoms with van der Waals surface area (Å²) in [6.07, 6.45) is 2.13. The van der Waals surface area contributed by atoms with Crippen LogP contribution in [0.15, 0.2) is 47.4 Å². The van der Waals surface area contributed by atoms with Crippen LogP contribution in [0, 0.1) is 0 Å². The minimum atomic E-state index is -4.74. The summed E-state index contributed by atoms with van der Waals surface area (Å²) in [7, 11) is 0. The molecule has 0 spiro atoms. The number of hydrogen-bond donors (Lipinski definition) is 0. The van der Waals surface area contributed by atoms with E-state index in [1.54, 1.807) is 6.07 Å². The second-order valence-corrected chi connectivity index (χ2v) is 6.03. The standard InChI is InChI=1S/C17H13F3N4O2/c18-17(19,20)25-12-4-1-3-11(9-12)16(5-2-6-16)15-23-14(24-26-15)13-10-21-7-8-22-13/h1,3-4,7-10H,2,5-6H2. The minimum absolute atomic E-state index is 0.269. The first-order valence-corrected chi connectivity index (χ1v) is 7.93. The second-order valence-electron chi connectivity index (χ2n) is 6.03. The second kappa shape index (κ2) is 6.08. The molecule has 0 amide bonds. The maximum atomic E-state index is 12.5. The first-order chi connectivity index (χ1) is 12.5. The predicted molar refractivity (Wildman–Crippen MR) is 83.1 cm³/mol. The van der Waals surface area contributed by atoms with Gasteiger partial charge >= 0.3 is 6.36 Å². The third kappa shape index (κ3) is 3.00. The highest BCUT2D eigenvalue weighted by atomic mass is 19.4. The van der Waals surface area contributed by atoms with Crippen molar-refractivity contribution in [3.05, 3.63) is 54.3 Å². The Kier molecular flexibility index (Phi) is 3.86. The number of benzene rings is 1. The Morgan fingerprint density at radius 3 is 2.65 bits per heavy atom. The van der Waals surface area contributed by atoms with Crippen LogP contribution < -0.4 is 4.74 Å². The van der Waals surface area contributed by atoms with Gasteiger partial charge in [0.05, 0.1) is 11.6 Å². The van der Waals surface area contributed by atoms with E-state index in [2.05, 4.69) is 24.8 Å². The molecular weight excluding hydrogens is 349 g/mol. The van der Waals surface area contributed by atoms with Gasteiger partial charge in [-0.15, -0.1) is 13.2 Å². The Morgan fingerprint density at radius 2 is 2.00 bits per heavy atom. The molecular formula is C17H13F3N4O2. The highest BCUT2D eigenvalue weighted by Gasteiger charge is 2.46. The fraction of sp³-hybridized carbons (Fsp3) is 0.294. The topological polar surface area (TPSA) is 73.9 Å². The van der Waals surface area contributed by atoms with E-state index < -0.39 is 11.8 Å². The number of rotatable bonds is 4. The van der Waals surface area contributed by atoms with Gasteiger partial charge in [-0.25, -0.2) is 4.98 Å². The molecule has 0 N–H and O–H groups in total. The van der Waals surface area contributed by atoms with Gasteiger partial charge in [0.15, 0.2) is 0 Å². The third-order valence-corrected chi connectivity index (χ3v) is 4.45. The number of alkyl halides is 3. The number of aromatic nitrogens is 4. The lowest BCUT2D eigenvalue weighted by Gasteiger charge is -2.39. The molecule has 0 radical (unpaired) electrons. The van der Waals surface area contributed by atoms with Crippen molar-refractivity contribution in [1.29, 1.82) is 0 Å². The van der Waals surface area contributed by atoms with E-state index in [1.807, 2.05) is 0 Å². The Labute approximate surface area is 146 Å². The fourth-order valence-electron chi connectivity index (χ4n) is 3.08. The lowest BCUT2D eigenvalue weighted by atomic mass is 9.64. The molecule has 1 aliphatic carbocycles. The molecule has 0 bridgehead atoms. The van der Waals surface area contributed by atoms with E-state index in [4.69, 9.17) is 4.52 Å². The van der Waals surface area contributed by atoms with Crippen LogP contribution in [0.5, 0.6) is 5.75 Å². The first-order valence-electron chi connectivity index (χ1n) is 7.93. The molecule has 3 aromatic rings. The molecule has 0 atom stereocenters. The number of ether oxygens (including phenoxy) is 1. The molecule has 1 aromatic carbocycles. The smallest absolute Gasteiger partial charge is 0.406 e. The van der Waals surface area contributed by atoms with Crippen molar-refractivity contribution in [2.75, 3.05) is 0 Å². The average Bonchev–Trinajstić information content (AvgIpc) is 3.04. The van der Waals surface area contributed by atoms with Gasteiger partial charge in [-0.1, -0.05) is 23.7 Å². The quantitative estimate of drug-likeness (QED) is 0.701. The van der Waals surface area contributed by atoms with Crippen molar-refractivity contribution >= 4 is 0 Å². The number of nitrogens with zero attached hydrogens (tertiary/aromatic N) is 4. The predicted octanol–water partition coefficient (Wildman–Crippen LogP) is 3.90. The van der Waals surface area contributed by atoms with Gasteiger partial charge in [0, 0.05) is 12.4 Å². The van der Waals surface area contributed by atoms with Crippen LogP contribution in [0.2, 0.25) is 0 Å². The Hall–Kier alpha value is -2.97. The van der Waals surface area contributed by atoms with Crippen LogP contribution in [-0.4, -0.2) is 26.5 Å². The van der Waals surface area contributed by atoms with Gasteiger partial charge in [0.2, 0.25) is 11.7 Å². The van der Waals surface area contributed by atoms with Crippen LogP contribution in [0.1, 0.15) is 30.7 Å². The van der Waals surface area contributed by atoms with E-state index in [-0.39, 0.29) is 5.75 Å². The average molecular weight is 362 g/mol. The number of hydrogen-bond acceptors (Lipinski definition) is 6. The van der Waals surface area contributed by atoms with Crippen molar-refractivity contribution in [3.63, 3.8) is 0 Å². The zero-order chi connectivity index (χ0) is 18.2. The molecule has 1 saturated carbocycles. The van der Waals surface area contributed by atoms with Gasteiger partial charge in [0.1, 0.15) is 11.4 Å². The highest BCUT2D eigenvalue weighted by molar-refractivity contribution is 5.47. The number of halogens is 3. The molecule has 134 valence electrons. The Morgan fingerprint density at radius 1 is 1.15 bits per heavy atom. The van der Waals surface area contributed by atoms with Crippen LogP contribution in [-0.2, 0) is 5.41 Å². The van der Waals surface area contributed by atoms with Gasteiger partial charge < -0.3 is 9.26 Å². The van der Waals surface area contributed by atoms with Crippen LogP contribution in [0.25, 0.3) is 11.5 Å². The molecule has 1 aliphatic rings. The first kappa shape index (κ1) is 16.5. The van der Waals surface area contributed by atoms with Crippen molar-refractivity contribution in [3.8, 4) is 17.3 Å². The van der Waals surface area contributed by atoms with E-state index >= 15 is 0 Å². The molecule has 0 aliphatic heterocycles. The van der Waals surface area contributed by atoms with Gasteiger partial charge in [-0.3, -0.25) is 4.98 Å². The zero-order valence-electron chi connectivity index (χ0n) is 13.4. The largest absolute Gasteiger partial charge is 0.573 e. The monoisotopic (exact) mass is 362 g/mol. The summed E-state index contributed by atoms with van der Waals surface area (Å²) in [5.41, 5.74) is 0.504. The summed E-state index contributed by atoms with van der Waals surface area (Å²) < 4.78 is 47.0. The van der Waals surface area contributed by atoms with Gasteiger partial charge in [-0.2, -0.15) is 4.98 Å². The normalized spacial score (nSPS) is 16.1. The Bertz CT molecular complexity index is 908. The fourth-order valence-corrected chi connectivity index (χ4v) is 3.08. The van der Waals surface area contributed by atoms with E-state index in [0.29, 0.717) is 35.8 Å². The van der Waals surface area contributed by atoms with Crippen molar-refractivity contribution < 1.29 is 22.4 Å². The molecule has 4 rings (SSSR count). The molecule has 2 heterocycles. The minimum Gasteiger partial charge on any atom is -0.406 e. The zero-order valence-corrected chi connectivity index (χ0v) is 13.4. The van der Waals surface area contributed by atoms with E-state index in [0.717, 1.165) is 6.42 Å². The summed E-state index contributed by atoms with van der Waals surface area (Å²) in [6.45, 7) is 0. The summed E-state index contributed by atoms with van der Waals surface area (Å²) in [5, 5.41) is 3.94. The molecule has 0 saturated heterocycles. The SMILES string of the molecule is FC(F)(F)Oc1cccc(C2(c3nc(-c4cnccn4)no3)CCC2)c1. The highest BCUT2D eigenvalue weighted by Crippen LogP contribution is 2.49. The summed E-state index contributed by atoms with van der Waals surface area (Å²) in [6, 6.07) is 5.91. The lowest BCUT2D eigenvalue weighted by Crippen LogP contribution is -2.36. The molecule has 0 unspecified atom stereocenters. The van der Waals surface area contributed by atoms with Crippen LogP contribution in [0.3, 0.4) is 0 Å². The van der Waals surface area contributed by atoms with Crippen LogP contribution >= 0.6 is 0 Å². The molecule has 2 aromatic heterocycles. The van der Waals surface area contributed by atoms with Gasteiger partial charge in [-0.05, 0) is 30.5 Å². The van der Waals surface area contributed by atoms with Gasteiger partial charge in [0.25, 0.3) is 0 Å². The van der Waals surface area contributed by atoms with E-state index in [1.165, 1.54) is 36.8 Å². The Balaban J connectivity index is 1.69. The molecule has 6 nitrogen and oxygen atoms in total. The summed E-state index contributed by atoms with van der Waals surface area (Å²) in [4.78, 5) is 12.5. The maximum Gasteiger partial charge on any atom is 0.573 e. The maximum absolute atomic E-state index is 12.5. The molecule has 9 heteroatoms. The summed E-state index contributed by atoms with van der Waals surface area (Å²) in [5.74, 6) is 0.380.